The van der Waals surface area contributed by atoms with Gasteiger partial charge in [-0.15, -0.1) is 0 Å². The summed E-state index contributed by atoms with van der Waals surface area (Å²) in [4.78, 5) is 16.2. The van der Waals surface area contributed by atoms with Crippen LogP contribution in [0.3, 0.4) is 0 Å². The van der Waals surface area contributed by atoms with E-state index in [0.29, 0.717) is 38.4 Å². The molecule has 0 spiro atoms. The zero-order valence-corrected chi connectivity index (χ0v) is 12.5. The van der Waals surface area contributed by atoms with Crippen molar-refractivity contribution in [1.29, 1.82) is 0 Å². The van der Waals surface area contributed by atoms with Crippen molar-refractivity contribution in [3.8, 4) is 0 Å². The summed E-state index contributed by atoms with van der Waals surface area (Å²) in [6.45, 7) is 6.55. The van der Waals surface area contributed by atoms with E-state index in [1.807, 2.05) is 0 Å². The van der Waals surface area contributed by atoms with E-state index in [9.17, 15) is 14.3 Å². The lowest BCUT2D eigenvalue weighted by molar-refractivity contribution is 0.0178. The number of aliphatic hydroxyl groups is 1. The highest BCUT2D eigenvalue weighted by atomic mass is 19.1. The van der Waals surface area contributed by atoms with E-state index in [4.69, 9.17) is 5.73 Å². The molecule has 1 aromatic carbocycles. The van der Waals surface area contributed by atoms with E-state index in [1.165, 1.54) is 18.2 Å². The summed E-state index contributed by atoms with van der Waals surface area (Å²) in [6.07, 6.45) is 0. The van der Waals surface area contributed by atoms with E-state index in [0.717, 1.165) is 0 Å². The molecular weight excluding hydrogens is 273 g/mol. The quantitative estimate of drug-likeness (QED) is 0.814. The maximum atomic E-state index is 13.3. The van der Waals surface area contributed by atoms with E-state index in [1.54, 1.807) is 18.7 Å². The minimum atomic E-state index is -0.751. The molecule has 5 nitrogen and oxygen atoms in total. The first-order valence-electron chi connectivity index (χ1n) is 7.05. The first kappa shape index (κ1) is 15.7. The molecule has 0 unspecified atom stereocenters. The number of nitrogens with zero attached hydrogens (tertiary/aromatic N) is 2. The van der Waals surface area contributed by atoms with Gasteiger partial charge in [-0.2, -0.15) is 0 Å². The number of piperazine rings is 1. The lowest BCUT2D eigenvalue weighted by Gasteiger charge is -2.37. The molecule has 0 aromatic heterocycles. The van der Waals surface area contributed by atoms with Crippen LogP contribution in [0.25, 0.3) is 0 Å². The molecule has 1 heterocycles. The predicted molar refractivity (Wildman–Crippen MR) is 79.5 cm³/mol. The van der Waals surface area contributed by atoms with Gasteiger partial charge in [-0.1, -0.05) is 0 Å². The molecule has 2 rings (SSSR count). The number of β-amino-alcohol motifs (C(OH)–C–C–N with tert-alkyl or cyclic N) is 1. The van der Waals surface area contributed by atoms with Crippen LogP contribution >= 0.6 is 0 Å². The number of carbonyl (C=O) groups is 1. The smallest absolute Gasteiger partial charge is 0.256 e. The zero-order chi connectivity index (χ0) is 15.6. The maximum absolute atomic E-state index is 13.3. The molecule has 1 saturated heterocycles. The second kappa shape index (κ2) is 5.99. The molecular formula is C15H22FN3O2. The molecule has 1 aliphatic rings. The van der Waals surface area contributed by atoms with Gasteiger partial charge >= 0.3 is 0 Å². The average Bonchev–Trinajstić information content (AvgIpc) is 2.40. The Morgan fingerprint density at radius 1 is 1.33 bits per heavy atom. The fourth-order valence-electron chi connectivity index (χ4n) is 2.54. The molecule has 0 radical (unpaired) electrons. The number of nitrogen functional groups attached to an aromatic ring is 1. The van der Waals surface area contributed by atoms with Gasteiger partial charge in [-0.25, -0.2) is 4.39 Å². The van der Waals surface area contributed by atoms with E-state index in [-0.39, 0.29) is 11.5 Å². The van der Waals surface area contributed by atoms with Crippen LogP contribution < -0.4 is 5.73 Å². The molecule has 0 aliphatic carbocycles. The molecule has 0 atom stereocenters. The Bertz CT molecular complexity index is 520. The number of halogens is 1. The third kappa shape index (κ3) is 4.15. The van der Waals surface area contributed by atoms with Crippen molar-refractivity contribution in [2.45, 2.75) is 19.4 Å². The van der Waals surface area contributed by atoms with Crippen LogP contribution in [0.1, 0.15) is 24.2 Å². The second-order valence-electron chi connectivity index (χ2n) is 6.11. The summed E-state index contributed by atoms with van der Waals surface area (Å²) in [5, 5.41) is 9.81. The largest absolute Gasteiger partial charge is 0.398 e. The molecule has 21 heavy (non-hydrogen) atoms. The monoisotopic (exact) mass is 295 g/mol. The number of amides is 1. The van der Waals surface area contributed by atoms with Gasteiger partial charge in [-0.3, -0.25) is 9.69 Å². The van der Waals surface area contributed by atoms with Gasteiger partial charge < -0.3 is 15.7 Å². The number of hydrogen-bond acceptors (Lipinski definition) is 4. The number of nitrogens with two attached hydrogens (primary N) is 1. The minimum absolute atomic E-state index is 0.214. The van der Waals surface area contributed by atoms with Gasteiger partial charge in [0.15, 0.2) is 0 Å². The number of carbonyl (C=O) groups excluding carboxylic acids is 1. The van der Waals surface area contributed by atoms with Gasteiger partial charge in [0.2, 0.25) is 0 Å². The molecule has 1 aliphatic heterocycles. The van der Waals surface area contributed by atoms with Crippen molar-refractivity contribution in [3.05, 3.63) is 29.6 Å². The van der Waals surface area contributed by atoms with Gasteiger partial charge in [0.1, 0.15) is 5.82 Å². The maximum Gasteiger partial charge on any atom is 0.256 e. The van der Waals surface area contributed by atoms with Crippen molar-refractivity contribution in [1.82, 2.24) is 9.80 Å². The lowest BCUT2D eigenvalue weighted by atomic mass is 10.1. The Morgan fingerprint density at radius 3 is 2.52 bits per heavy atom. The van der Waals surface area contributed by atoms with Crippen LogP contribution in [0.4, 0.5) is 10.1 Å². The first-order chi connectivity index (χ1) is 9.76. The molecule has 1 amide bonds. The third-order valence-electron chi connectivity index (χ3n) is 3.52. The molecule has 0 bridgehead atoms. The third-order valence-corrected chi connectivity index (χ3v) is 3.52. The summed E-state index contributed by atoms with van der Waals surface area (Å²) in [6, 6.07) is 3.83. The van der Waals surface area contributed by atoms with Crippen molar-refractivity contribution in [2.24, 2.45) is 0 Å². The van der Waals surface area contributed by atoms with E-state index in [2.05, 4.69) is 4.90 Å². The summed E-state index contributed by atoms with van der Waals surface area (Å²) in [5.41, 5.74) is 5.50. The van der Waals surface area contributed by atoms with Crippen LogP contribution in [-0.2, 0) is 0 Å². The standard InChI is InChI=1S/C15H22FN3O2/c1-15(2,21)10-18-5-7-19(8-6-18)14(20)12-9-11(16)3-4-13(12)17/h3-4,9,21H,5-8,10,17H2,1-2H3. The van der Waals surface area contributed by atoms with Crippen LogP contribution in [0.5, 0.6) is 0 Å². The molecule has 3 N–H and O–H groups in total. The summed E-state index contributed by atoms with van der Waals surface area (Å²) in [5.74, 6) is -0.705. The SMILES string of the molecule is CC(C)(O)CN1CCN(C(=O)c2cc(F)ccc2N)CC1. The Labute approximate surface area is 124 Å². The number of benzene rings is 1. The van der Waals surface area contributed by atoms with Gasteiger partial charge in [0.05, 0.1) is 11.2 Å². The Hall–Kier alpha value is -1.66. The highest BCUT2D eigenvalue weighted by molar-refractivity contribution is 5.99. The first-order valence-corrected chi connectivity index (χ1v) is 7.05. The number of hydrogen-bond donors (Lipinski definition) is 2. The number of anilines is 1. The van der Waals surface area contributed by atoms with Crippen molar-refractivity contribution >= 4 is 11.6 Å². The second-order valence-corrected chi connectivity index (χ2v) is 6.11. The molecule has 1 aromatic rings. The van der Waals surface area contributed by atoms with Crippen molar-refractivity contribution in [3.63, 3.8) is 0 Å². The summed E-state index contributed by atoms with van der Waals surface area (Å²) < 4.78 is 13.3. The van der Waals surface area contributed by atoms with Gasteiger partial charge in [0, 0.05) is 38.4 Å². The van der Waals surface area contributed by atoms with Crippen LogP contribution in [0, 0.1) is 5.82 Å². The highest BCUT2D eigenvalue weighted by Crippen LogP contribution is 2.17. The number of rotatable bonds is 3. The zero-order valence-electron chi connectivity index (χ0n) is 12.5. The minimum Gasteiger partial charge on any atom is -0.398 e. The lowest BCUT2D eigenvalue weighted by Crippen LogP contribution is -2.52. The van der Waals surface area contributed by atoms with E-state index < -0.39 is 11.4 Å². The van der Waals surface area contributed by atoms with Crippen LogP contribution in [-0.4, -0.2) is 59.1 Å². The van der Waals surface area contributed by atoms with Gasteiger partial charge in [-0.05, 0) is 32.0 Å². The fourth-order valence-corrected chi connectivity index (χ4v) is 2.54. The van der Waals surface area contributed by atoms with Crippen LogP contribution in [0.15, 0.2) is 18.2 Å². The van der Waals surface area contributed by atoms with Crippen molar-refractivity contribution < 1.29 is 14.3 Å². The molecule has 116 valence electrons. The van der Waals surface area contributed by atoms with E-state index >= 15 is 0 Å². The highest BCUT2D eigenvalue weighted by Gasteiger charge is 2.26. The molecule has 1 fully saturated rings. The van der Waals surface area contributed by atoms with Crippen LogP contribution in [0.2, 0.25) is 0 Å². The topological polar surface area (TPSA) is 69.8 Å². The summed E-state index contributed by atoms with van der Waals surface area (Å²) >= 11 is 0. The average molecular weight is 295 g/mol. The fraction of sp³-hybridized carbons (Fsp3) is 0.533. The van der Waals surface area contributed by atoms with Crippen molar-refractivity contribution in [2.75, 3.05) is 38.5 Å². The Balaban J connectivity index is 1.99. The Morgan fingerprint density at radius 2 is 1.95 bits per heavy atom. The molecule has 0 saturated carbocycles. The normalized spacial score (nSPS) is 17.0. The summed E-state index contributed by atoms with van der Waals surface area (Å²) in [7, 11) is 0. The van der Waals surface area contributed by atoms with Gasteiger partial charge in [0.25, 0.3) is 5.91 Å². The molecule has 6 heteroatoms. The Kier molecular flexibility index (Phi) is 4.49. The predicted octanol–water partition coefficient (Wildman–Crippen LogP) is 0.937.